The first-order valence-corrected chi connectivity index (χ1v) is 15.0. The molecule has 9 heteroatoms. The zero-order valence-corrected chi connectivity index (χ0v) is 25.9. The van der Waals surface area contributed by atoms with Crippen LogP contribution >= 0.6 is 0 Å². The molecule has 0 aromatic heterocycles. The van der Waals surface area contributed by atoms with Crippen molar-refractivity contribution >= 4 is 18.1 Å². The third-order valence-electron chi connectivity index (χ3n) is 9.37. The molecule has 1 aliphatic heterocycles. The molecule has 0 aromatic carbocycles. The number of likely N-dealkylation sites (tertiary alicyclic amines) is 1. The lowest BCUT2D eigenvalue weighted by molar-refractivity contribution is -0.143. The quantitative estimate of drug-likeness (QED) is 0.295. The van der Waals surface area contributed by atoms with Gasteiger partial charge in [-0.1, -0.05) is 45.4 Å². The van der Waals surface area contributed by atoms with Crippen molar-refractivity contribution < 1.29 is 28.2 Å². The molecule has 2 fully saturated rings. The van der Waals surface area contributed by atoms with Crippen molar-refractivity contribution in [3.05, 3.63) is 35.7 Å². The minimum absolute atomic E-state index is 0.0109. The van der Waals surface area contributed by atoms with Gasteiger partial charge in [-0.05, 0) is 62.8 Å². The number of carbonyl (C=O) groups excluding carboxylic acids is 3. The fourth-order valence-corrected chi connectivity index (χ4v) is 6.62. The molecule has 41 heavy (non-hydrogen) atoms. The molecular formula is C32H50FN3O5. The van der Waals surface area contributed by atoms with Gasteiger partial charge in [-0.3, -0.25) is 9.59 Å². The number of nitrogens with one attached hydrogen (secondary N) is 1. The average molecular weight is 576 g/mol. The van der Waals surface area contributed by atoms with E-state index in [1.165, 1.54) is 6.08 Å². The molecular weight excluding hydrogens is 525 g/mol. The normalized spacial score (nSPS) is 24.1. The van der Waals surface area contributed by atoms with Crippen LogP contribution in [0.1, 0.15) is 65.7 Å². The topological polar surface area (TPSA) is 88.2 Å². The summed E-state index contributed by atoms with van der Waals surface area (Å²) in [5, 5.41) is 2.79. The molecule has 1 saturated heterocycles. The van der Waals surface area contributed by atoms with Crippen molar-refractivity contribution in [3.63, 3.8) is 0 Å². The molecule has 2 aliphatic carbocycles. The van der Waals surface area contributed by atoms with E-state index in [-0.39, 0.29) is 54.1 Å². The third kappa shape index (κ3) is 8.14. The van der Waals surface area contributed by atoms with E-state index in [2.05, 4.69) is 24.1 Å². The highest BCUT2D eigenvalue weighted by atomic mass is 19.1. The summed E-state index contributed by atoms with van der Waals surface area (Å²) in [6.45, 7) is 6.75. The second-order valence-corrected chi connectivity index (χ2v) is 12.5. The summed E-state index contributed by atoms with van der Waals surface area (Å²) in [5.41, 5.74) is 0.457. The van der Waals surface area contributed by atoms with Crippen LogP contribution in [-0.4, -0.2) is 93.1 Å². The van der Waals surface area contributed by atoms with Gasteiger partial charge < -0.3 is 29.4 Å². The van der Waals surface area contributed by atoms with Crippen LogP contribution in [0.3, 0.4) is 0 Å². The van der Waals surface area contributed by atoms with E-state index in [0.29, 0.717) is 30.7 Å². The summed E-state index contributed by atoms with van der Waals surface area (Å²) < 4.78 is 26.2. The Labute approximate surface area is 245 Å². The minimum atomic E-state index is -0.874. The van der Waals surface area contributed by atoms with Crippen LogP contribution in [0.2, 0.25) is 0 Å². The average Bonchev–Trinajstić information content (AvgIpc) is 3.65. The van der Waals surface area contributed by atoms with Gasteiger partial charge in [0, 0.05) is 33.2 Å². The zero-order chi connectivity index (χ0) is 30.3. The lowest BCUT2D eigenvalue weighted by atomic mass is 9.90. The van der Waals surface area contributed by atoms with Gasteiger partial charge in [0.2, 0.25) is 11.8 Å². The second kappa shape index (κ2) is 14.7. The Morgan fingerprint density at radius 3 is 2.51 bits per heavy atom. The van der Waals surface area contributed by atoms with Crippen LogP contribution in [0, 0.1) is 17.3 Å². The molecule has 7 atom stereocenters. The molecule has 1 N–H and O–H groups in total. The Bertz CT molecular complexity index is 1020. The predicted molar refractivity (Wildman–Crippen MR) is 158 cm³/mol. The van der Waals surface area contributed by atoms with E-state index in [9.17, 15) is 18.8 Å². The van der Waals surface area contributed by atoms with E-state index >= 15 is 0 Å². The Kier molecular flexibility index (Phi) is 11.9. The van der Waals surface area contributed by atoms with E-state index in [1.807, 2.05) is 25.1 Å². The number of ether oxygens (including phenoxy) is 2. The largest absolute Gasteiger partial charge is 0.379 e. The number of aldehydes is 1. The van der Waals surface area contributed by atoms with Crippen LogP contribution < -0.4 is 5.32 Å². The number of methoxy groups -OCH3 is 2. The molecule has 1 saturated carbocycles. The molecule has 1 unspecified atom stereocenters. The number of halogens is 1. The SMILES string of the molecule is CC[C@H](C)[C@@H](C(CC(=O)N1CC2(CC2)C[C@H]1[C@H](OC)[C@@H](C)C(=O)N[C@H](C=O)CC1=CC=CCC=C1F)OC)N(C)C. The first kappa shape index (κ1) is 33.1. The van der Waals surface area contributed by atoms with E-state index in [4.69, 9.17) is 9.47 Å². The van der Waals surface area contributed by atoms with Gasteiger partial charge in [0.05, 0.1) is 36.6 Å². The van der Waals surface area contributed by atoms with Gasteiger partial charge in [-0.25, -0.2) is 4.39 Å². The van der Waals surface area contributed by atoms with Crippen molar-refractivity contribution in [1.82, 2.24) is 15.1 Å². The number of carbonyl (C=O) groups is 3. The molecule has 0 aromatic rings. The Hall–Kier alpha value is -2.36. The number of hydrogen-bond donors (Lipinski definition) is 1. The van der Waals surface area contributed by atoms with E-state index in [1.54, 1.807) is 33.3 Å². The van der Waals surface area contributed by atoms with Crippen molar-refractivity contribution in [3.8, 4) is 0 Å². The molecule has 8 nitrogen and oxygen atoms in total. The maximum absolute atomic E-state index is 14.4. The summed E-state index contributed by atoms with van der Waals surface area (Å²) in [5.74, 6) is -1.01. The molecule has 0 bridgehead atoms. The van der Waals surface area contributed by atoms with Crippen LogP contribution in [-0.2, 0) is 23.9 Å². The zero-order valence-electron chi connectivity index (χ0n) is 25.9. The Balaban J connectivity index is 1.74. The summed E-state index contributed by atoms with van der Waals surface area (Å²) in [6.07, 6.45) is 11.2. The van der Waals surface area contributed by atoms with Gasteiger partial charge in [0.25, 0.3) is 0 Å². The van der Waals surface area contributed by atoms with Crippen LogP contribution in [0.25, 0.3) is 0 Å². The van der Waals surface area contributed by atoms with Crippen molar-refractivity contribution in [1.29, 1.82) is 0 Å². The number of nitrogens with zero attached hydrogens (tertiary/aromatic N) is 2. The van der Waals surface area contributed by atoms with E-state index in [0.717, 1.165) is 25.7 Å². The van der Waals surface area contributed by atoms with Gasteiger partial charge in [-0.2, -0.15) is 0 Å². The number of likely N-dealkylation sites (N-methyl/N-ethyl adjacent to an activating group) is 1. The van der Waals surface area contributed by atoms with Gasteiger partial charge in [-0.15, -0.1) is 0 Å². The van der Waals surface area contributed by atoms with Crippen molar-refractivity contribution in [2.75, 3.05) is 34.9 Å². The number of hydrogen-bond acceptors (Lipinski definition) is 6. The molecule has 3 aliphatic rings. The third-order valence-corrected chi connectivity index (χ3v) is 9.37. The Morgan fingerprint density at radius 1 is 1.24 bits per heavy atom. The lowest BCUT2D eigenvalue weighted by Gasteiger charge is -2.38. The number of amides is 2. The Morgan fingerprint density at radius 2 is 1.95 bits per heavy atom. The van der Waals surface area contributed by atoms with Crippen molar-refractivity contribution in [2.45, 2.75) is 96.1 Å². The standard InChI is InChI=1S/C32H50FN3O5/c1-8-21(2)29(35(4)5)27(40-6)17-28(38)36-20-32(14-15-32)18-26(36)30(41-7)22(3)31(39)34-24(19-37)16-23-12-10-9-11-13-25(23)33/h9-10,12-13,19,21-22,24,26-27,29-30H,8,11,14-18,20H2,1-7H3,(H,34,39)/t21-,22+,24-,26-,27?,29-,30+/m0/s1. The summed E-state index contributed by atoms with van der Waals surface area (Å²) in [7, 11) is 7.27. The molecule has 3 rings (SSSR count). The summed E-state index contributed by atoms with van der Waals surface area (Å²) >= 11 is 0. The molecule has 0 radical (unpaired) electrons. The molecule has 1 heterocycles. The maximum atomic E-state index is 14.4. The highest BCUT2D eigenvalue weighted by molar-refractivity contribution is 5.83. The molecule has 1 spiro atoms. The van der Waals surface area contributed by atoms with Crippen LogP contribution in [0.15, 0.2) is 35.7 Å². The highest BCUT2D eigenvalue weighted by Crippen LogP contribution is 2.56. The predicted octanol–water partition coefficient (Wildman–Crippen LogP) is 4.21. The molecule has 2 amide bonds. The highest BCUT2D eigenvalue weighted by Gasteiger charge is 2.56. The first-order valence-electron chi connectivity index (χ1n) is 15.0. The summed E-state index contributed by atoms with van der Waals surface area (Å²) in [4.78, 5) is 43.2. The van der Waals surface area contributed by atoms with Crippen LogP contribution in [0.4, 0.5) is 4.39 Å². The van der Waals surface area contributed by atoms with Gasteiger partial charge >= 0.3 is 0 Å². The fraction of sp³-hybridized carbons (Fsp3) is 0.719. The van der Waals surface area contributed by atoms with Gasteiger partial charge in [0.1, 0.15) is 12.1 Å². The summed E-state index contributed by atoms with van der Waals surface area (Å²) in [6, 6.07) is -1.05. The van der Waals surface area contributed by atoms with Gasteiger partial charge in [0.15, 0.2) is 0 Å². The fourth-order valence-electron chi connectivity index (χ4n) is 6.62. The minimum Gasteiger partial charge on any atom is -0.379 e. The number of allylic oxidation sites excluding steroid dienone is 5. The monoisotopic (exact) mass is 575 g/mol. The maximum Gasteiger partial charge on any atom is 0.226 e. The first-order chi connectivity index (χ1) is 19.5. The van der Waals surface area contributed by atoms with Crippen molar-refractivity contribution in [2.24, 2.45) is 17.3 Å². The van der Waals surface area contributed by atoms with E-state index < -0.39 is 18.1 Å². The number of rotatable bonds is 15. The lowest BCUT2D eigenvalue weighted by Crippen LogP contribution is -2.52. The second-order valence-electron chi connectivity index (χ2n) is 12.5. The molecule has 230 valence electrons. The smallest absolute Gasteiger partial charge is 0.226 e. The van der Waals surface area contributed by atoms with Crippen LogP contribution in [0.5, 0.6) is 0 Å².